The Bertz CT molecular complexity index is 559. The summed E-state index contributed by atoms with van der Waals surface area (Å²) in [5, 5.41) is 4.06. The van der Waals surface area contributed by atoms with Crippen LogP contribution in [0.15, 0.2) is 22.7 Å². The fourth-order valence-electron chi connectivity index (χ4n) is 2.18. The van der Waals surface area contributed by atoms with Gasteiger partial charge in [-0.3, -0.25) is 0 Å². The number of hydrogen-bond donors (Lipinski definition) is 1. The standard InChI is InChI=1S/C16H23N3O/c1-4-13(10-17)9-16-18-15(19-20-16)8-14-6-5-11(2)12(3)7-14/h5-7,13H,4,8-10,17H2,1-3H3. The Morgan fingerprint density at radius 1 is 1.25 bits per heavy atom. The molecule has 0 amide bonds. The number of aromatic nitrogens is 2. The average Bonchev–Trinajstić information content (AvgIpc) is 2.87. The second-order valence-electron chi connectivity index (χ2n) is 5.41. The third-order valence-corrected chi connectivity index (χ3v) is 3.82. The summed E-state index contributed by atoms with van der Waals surface area (Å²) in [7, 11) is 0. The summed E-state index contributed by atoms with van der Waals surface area (Å²) in [4.78, 5) is 4.46. The van der Waals surface area contributed by atoms with Crippen LogP contribution in [0.1, 0.15) is 41.8 Å². The molecule has 0 bridgehead atoms. The molecule has 1 aromatic carbocycles. The Balaban J connectivity index is 2.03. The number of hydrogen-bond acceptors (Lipinski definition) is 4. The molecule has 4 nitrogen and oxygen atoms in total. The first kappa shape index (κ1) is 14.7. The second kappa shape index (κ2) is 6.66. The molecule has 0 saturated carbocycles. The molecule has 0 radical (unpaired) electrons. The van der Waals surface area contributed by atoms with E-state index in [-0.39, 0.29) is 0 Å². The summed E-state index contributed by atoms with van der Waals surface area (Å²) < 4.78 is 5.31. The highest BCUT2D eigenvalue weighted by Gasteiger charge is 2.12. The zero-order valence-electron chi connectivity index (χ0n) is 12.5. The lowest BCUT2D eigenvalue weighted by Gasteiger charge is -2.07. The lowest BCUT2D eigenvalue weighted by molar-refractivity contribution is 0.347. The Morgan fingerprint density at radius 2 is 2.05 bits per heavy atom. The molecule has 2 N–H and O–H groups in total. The van der Waals surface area contributed by atoms with Gasteiger partial charge >= 0.3 is 0 Å². The SMILES string of the molecule is CCC(CN)Cc1nc(Cc2ccc(C)c(C)c2)no1. The van der Waals surface area contributed by atoms with Gasteiger partial charge < -0.3 is 10.3 Å². The fourth-order valence-corrected chi connectivity index (χ4v) is 2.18. The van der Waals surface area contributed by atoms with E-state index in [1.54, 1.807) is 0 Å². The average molecular weight is 273 g/mol. The molecule has 1 heterocycles. The summed E-state index contributed by atoms with van der Waals surface area (Å²) in [5.74, 6) is 1.86. The van der Waals surface area contributed by atoms with Gasteiger partial charge in [0.15, 0.2) is 5.82 Å². The first-order chi connectivity index (χ1) is 9.62. The molecule has 108 valence electrons. The van der Waals surface area contributed by atoms with E-state index >= 15 is 0 Å². The van der Waals surface area contributed by atoms with Gasteiger partial charge in [-0.1, -0.05) is 36.7 Å². The van der Waals surface area contributed by atoms with Crippen LogP contribution in [0.3, 0.4) is 0 Å². The molecule has 0 aliphatic heterocycles. The number of nitrogens with zero attached hydrogens (tertiary/aromatic N) is 2. The van der Waals surface area contributed by atoms with Gasteiger partial charge in [-0.2, -0.15) is 4.98 Å². The summed E-state index contributed by atoms with van der Waals surface area (Å²) in [6, 6.07) is 6.43. The van der Waals surface area contributed by atoms with Crippen LogP contribution in [0.25, 0.3) is 0 Å². The van der Waals surface area contributed by atoms with Crippen LogP contribution in [-0.2, 0) is 12.8 Å². The maximum absolute atomic E-state index is 5.70. The van der Waals surface area contributed by atoms with Crippen LogP contribution >= 0.6 is 0 Å². The summed E-state index contributed by atoms with van der Waals surface area (Å²) in [6.45, 7) is 7.02. The van der Waals surface area contributed by atoms with Crippen molar-refractivity contribution >= 4 is 0 Å². The van der Waals surface area contributed by atoms with Crippen molar-refractivity contribution in [1.29, 1.82) is 0 Å². The summed E-state index contributed by atoms with van der Waals surface area (Å²) in [5.41, 5.74) is 9.51. The van der Waals surface area contributed by atoms with Crippen molar-refractivity contribution in [3.8, 4) is 0 Å². The zero-order chi connectivity index (χ0) is 14.5. The van der Waals surface area contributed by atoms with Gasteiger partial charge in [0.1, 0.15) is 0 Å². The molecule has 1 unspecified atom stereocenters. The highest BCUT2D eigenvalue weighted by atomic mass is 16.5. The molecular formula is C16H23N3O. The van der Waals surface area contributed by atoms with Crippen molar-refractivity contribution in [2.75, 3.05) is 6.54 Å². The predicted octanol–water partition coefficient (Wildman–Crippen LogP) is 2.80. The topological polar surface area (TPSA) is 64.9 Å². The van der Waals surface area contributed by atoms with Crippen molar-refractivity contribution < 1.29 is 4.52 Å². The molecule has 1 aromatic heterocycles. The monoisotopic (exact) mass is 273 g/mol. The van der Waals surface area contributed by atoms with Crippen molar-refractivity contribution in [2.45, 2.75) is 40.0 Å². The van der Waals surface area contributed by atoms with Crippen molar-refractivity contribution in [3.05, 3.63) is 46.6 Å². The molecule has 2 rings (SSSR count). The minimum absolute atomic E-state index is 0.421. The Hall–Kier alpha value is -1.68. The van der Waals surface area contributed by atoms with E-state index in [0.29, 0.717) is 24.8 Å². The van der Waals surface area contributed by atoms with E-state index < -0.39 is 0 Å². The minimum Gasteiger partial charge on any atom is -0.339 e. The van der Waals surface area contributed by atoms with E-state index in [9.17, 15) is 0 Å². The predicted molar refractivity (Wildman–Crippen MR) is 79.6 cm³/mol. The van der Waals surface area contributed by atoms with Crippen LogP contribution in [0.2, 0.25) is 0 Å². The van der Waals surface area contributed by atoms with Gasteiger partial charge in [0.2, 0.25) is 5.89 Å². The van der Waals surface area contributed by atoms with E-state index in [4.69, 9.17) is 10.3 Å². The van der Waals surface area contributed by atoms with Crippen molar-refractivity contribution in [2.24, 2.45) is 11.7 Å². The Labute approximate surface area is 120 Å². The normalized spacial score (nSPS) is 12.6. The second-order valence-corrected chi connectivity index (χ2v) is 5.41. The minimum atomic E-state index is 0.421. The molecule has 2 aromatic rings. The van der Waals surface area contributed by atoms with E-state index in [1.807, 2.05) is 0 Å². The summed E-state index contributed by atoms with van der Waals surface area (Å²) in [6.07, 6.45) is 2.52. The lowest BCUT2D eigenvalue weighted by atomic mass is 10.0. The largest absolute Gasteiger partial charge is 0.339 e. The third-order valence-electron chi connectivity index (χ3n) is 3.82. The van der Waals surface area contributed by atoms with Gasteiger partial charge in [0, 0.05) is 12.8 Å². The van der Waals surface area contributed by atoms with E-state index in [0.717, 1.165) is 18.7 Å². The van der Waals surface area contributed by atoms with Crippen LogP contribution in [0.5, 0.6) is 0 Å². The number of aryl methyl sites for hydroxylation is 2. The van der Waals surface area contributed by atoms with Crippen LogP contribution in [0.4, 0.5) is 0 Å². The maximum Gasteiger partial charge on any atom is 0.226 e. The highest BCUT2D eigenvalue weighted by molar-refractivity contribution is 5.31. The van der Waals surface area contributed by atoms with Gasteiger partial charge in [0.05, 0.1) is 0 Å². The zero-order valence-corrected chi connectivity index (χ0v) is 12.5. The molecule has 0 aliphatic rings. The van der Waals surface area contributed by atoms with Crippen molar-refractivity contribution in [1.82, 2.24) is 10.1 Å². The molecule has 0 spiro atoms. The lowest BCUT2D eigenvalue weighted by Crippen LogP contribution is -2.16. The molecule has 20 heavy (non-hydrogen) atoms. The van der Waals surface area contributed by atoms with Crippen LogP contribution < -0.4 is 5.73 Å². The molecule has 4 heteroatoms. The molecular weight excluding hydrogens is 250 g/mol. The third kappa shape index (κ3) is 3.67. The molecule has 0 fully saturated rings. The van der Waals surface area contributed by atoms with Gasteiger partial charge in [0.25, 0.3) is 0 Å². The van der Waals surface area contributed by atoms with Gasteiger partial charge in [-0.05, 0) is 43.0 Å². The first-order valence-corrected chi connectivity index (χ1v) is 7.20. The Morgan fingerprint density at radius 3 is 2.70 bits per heavy atom. The number of benzene rings is 1. The van der Waals surface area contributed by atoms with E-state index in [1.165, 1.54) is 16.7 Å². The molecule has 0 aliphatic carbocycles. The molecule has 0 saturated heterocycles. The maximum atomic E-state index is 5.70. The number of rotatable bonds is 6. The van der Waals surface area contributed by atoms with Gasteiger partial charge in [-0.15, -0.1) is 0 Å². The van der Waals surface area contributed by atoms with Crippen molar-refractivity contribution in [3.63, 3.8) is 0 Å². The Kier molecular flexibility index (Phi) is 4.90. The quantitative estimate of drug-likeness (QED) is 0.879. The summed E-state index contributed by atoms with van der Waals surface area (Å²) >= 11 is 0. The fraction of sp³-hybridized carbons (Fsp3) is 0.500. The molecule has 1 atom stereocenters. The van der Waals surface area contributed by atoms with E-state index in [2.05, 4.69) is 49.1 Å². The number of nitrogens with two attached hydrogens (primary N) is 1. The smallest absolute Gasteiger partial charge is 0.226 e. The van der Waals surface area contributed by atoms with Gasteiger partial charge in [-0.25, -0.2) is 0 Å². The first-order valence-electron chi connectivity index (χ1n) is 7.20. The van der Waals surface area contributed by atoms with Crippen LogP contribution in [-0.4, -0.2) is 16.7 Å². The van der Waals surface area contributed by atoms with Crippen LogP contribution in [0, 0.1) is 19.8 Å². The highest BCUT2D eigenvalue weighted by Crippen LogP contribution is 2.14.